The second-order valence-electron chi connectivity index (χ2n) is 6.13. The van der Waals surface area contributed by atoms with Gasteiger partial charge in [0, 0.05) is 54.6 Å². The first-order valence-electron chi connectivity index (χ1n) is 8.55. The van der Waals surface area contributed by atoms with Gasteiger partial charge in [0.25, 0.3) is 0 Å². The lowest BCUT2D eigenvalue weighted by Crippen LogP contribution is -2.38. The maximum absolute atomic E-state index is 4.73. The number of nitrogens with one attached hydrogen (secondary N) is 2. The van der Waals surface area contributed by atoms with Gasteiger partial charge in [-0.3, -0.25) is 9.97 Å². The minimum atomic E-state index is 0.385. The zero-order valence-corrected chi connectivity index (χ0v) is 13.9. The number of piperidine rings is 1. The van der Waals surface area contributed by atoms with Crippen molar-refractivity contribution in [2.45, 2.75) is 18.9 Å². The fourth-order valence-electron chi connectivity index (χ4n) is 3.00. The van der Waals surface area contributed by atoms with E-state index in [9.17, 15) is 0 Å². The smallest absolute Gasteiger partial charge is 0.162 e. The van der Waals surface area contributed by atoms with Crippen LogP contribution in [0.1, 0.15) is 12.8 Å². The Hall–Kier alpha value is -2.86. The summed E-state index contributed by atoms with van der Waals surface area (Å²) in [5.74, 6) is 1.53. The standard InChI is InChI=1S/C19H20N6/c1-3-15(12-21-7-1)17-11-18(23-16-4-2-8-22-13-16)25-19(24-17)14-5-9-20-10-6-14/h1,3,5-7,9-12,16,22H,2,4,8,13H2,(H,23,24,25). The Balaban J connectivity index is 1.72. The topological polar surface area (TPSA) is 75.6 Å². The number of rotatable bonds is 4. The summed E-state index contributed by atoms with van der Waals surface area (Å²) in [6, 6.07) is 10.2. The molecule has 1 aliphatic rings. The second kappa shape index (κ2) is 7.36. The van der Waals surface area contributed by atoms with Crippen LogP contribution in [0.2, 0.25) is 0 Å². The van der Waals surface area contributed by atoms with Crippen molar-refractivity contribution < 1.29 is 0 Å². The third kappa shape index (κ3) is 3.80. The molecule has 6 nitrogen and oxygen atoms in total. The van der Waals surface area contributed by atoms with E-state index in [0.717, 1.165) is 42.1 Å². The molecule has 25 heavy (non-hydrogen) atoms. The summed E-state index contributed by atoms with van der Waals surface area (Å²) in [5.41, 5.74) is 2.79. The number of hydrogen-bond acceptors (Lipinski definition) is 6. The molecule has 0 aromatic carbocycles. The molecular weight excluding hydrogens is 312 g/mol. The van der Waals surface area contributed by atoms with E-state index in [1.807, 2.05) is 36.5 Å². The molecule has 1 aliphatic heterocycles. The molecule has 0 amide bonds. The van der Waals surface area contributed by atoms with Crippen LogP contribution in [0.4, 0.5) is 5.82 Å². The first kappa shape index (κ1) is 15.7. The number of pyridine rings is 2. The second-order valence-corrected chi connectivity index (χ2v) is 6.13. The zero-order valence-electron chi connectivity index (χ0n) is 13.9. The lowest BCUT2D eigenvalue weighted by molar-refractivity contribution is 0.479. The van der Waals surface area contributed by atoms with Crippen LogP contribution in [0.25, 0.3) is 22.6 Å². The van der Waals surface area contributed by atoms with Gasteiger partial charge in [-0.2, -0.15) is 0 Å². The van der Waals surface area contributed by atoms with Crippen molar-refractivity contribution in [3.8, 4) is 22.6 Å². The third-order valence-electron chi connectivity index (χ3n) is 4.27. The van der Waals surface area contributed by atoms with Gasteiger partial charge in [0.05, 0.1) is 5.69 Å². The molecule has 4 rings (SSSR count). The van der Waals surface area contributed by atoms with E-state index in [2.05, 4.69) is 20.6 Å². The highest BCUT2D eigenvalue weighted by atomic mass is 15.1. The van der Waals surface area contributed by atoms with Crippen molar-refractivity contribution in [1.82, 2.24) is 25.3 Å². The molecule has 1 fully saturated rings. The van der Waals surface area contributed by atoms with E-state index in [1.54, 1.807) is 18.6 Å². The van der Waals surface area contributed by atoms with Gasteiger partial charge in [0.2, 0.25) is 0 Å². The van der Waals surface area contributed by atoms with Crippen molar-refractivity contribution in [2.24, 2.45) is 0 Å². The minimum absolute atomic E-state index is 0.385. The highest BCUT2D eigenvalue weighted by Gasteiger charge is 2.15. The maximum atomic E-state index is 4.73. The number of nitrogens with zero attached hydrogens (tertiary/aromatic N) is 4. The van der Waals surface area contributed by atoms with Crippen LogP contribution in [0.15, 0.2) is 55.1 Å². The van der Waals surface area contributed by atoms with Gasteiger partial charge >= 0.3 is 0 Å². The summed E-state index contributed by atoms with van der Waals surface area (Å²) < 4.78 is 0. The Bertz CT molecular complexity index is 758. The van der Waals surface area contributed by atoms with Crippen molar-refractivity contribution in [3.05, 3.63) is 55.1 Å². The summed E-state index contributed by atoms with van der Waals surface area (Å²) in [4.78, 5) is 17.7. The summed E-state index contributed by atoms with van der Waals surface area (Å²) >= 11 is 0. The third-order valence-corrected chi connectivity index (χ3v) is 4.27. The molecule has 0 aliphatic carbocycles. The molecule has 1 unspecified atom stereocenters. The van der Waals surface area contributed by atoms with Crippen LogP contribution >= 0.6 is 0 Å². The van der Waals surface area contributed by atoms with Crippen molar-refractivity contribution in [2.75, 3.05) is 18.4 Å². The van der Waals surface area contributed by atoms with Gasteiger partial charge < -0.3 is 10.6 Å². The van der Waals surface area contributed by atoms with E-state index >= 15 is 0 Å². The Morgan fingerprint density at radius 3 is 2.68 bits per heavy atom. The van der Waals surface area contributed by atoms with Crippen LogP contribution in [-0.4, -0.2) is 39.1 Å². The zero-order chi connectivity index (χ0) is 16.9. The molecule has 0 spiro atoms. The molecule has 1 atom stereocenters. The van der Waals surface area contributed by atoms with Crippen LogP contribution in [0.3, 0.4) is 0 Å². The molecule has 6 heteroatoms. The van der Waals surface area contributed by atoms with Crippen LogP contribution in [-0.2, 0) is 0 Å². The highest BCUT2D eigenvalue weighted by molar-refractivity contribution is 5.66. The van der Waals surface area contributed by atoms with Crippen molar-refractivity contribution in [3.63, 3.8) is 0 Å². The largest absolute Gasteiger partial charge is 0.366 e. The fraction of sp³-hybridized carbons (Fsp3) is 0.263. The normalized spacial score (nSPS) is 17.2. The molecule has 4 heterocycles. The number of hydrogen-bond donors (Lipinski definition) is 2. The monoisotopic (exact) mass is 332 g/mol. The van der Waals surface area contributed by atoms with Gasteiger partial charge in [-0.25, -0.2) is 9.97 Å². The van der Waals surface area contributed by atoms with Crippen LogP contribution in [0, 0.1) is 0 Å². The van der Waals surface area contributed by atoms with E-state index in [1.165, 1.54) is 6.42 Å². The molecule has 0 saturated carbocycles. The van der Waals surface area contributed by atoms with E-state index in [4.69, 9.17) is 9.97 Å². The van der Waals surface area contributed by atoms with Gasteiger partial charge in [-0.15, -0.1) is 0 Å². The predicted molar refractivity (Wildman–Crippen MR) is 98.0 cm³/mol. The lowest BCUT2D eigenvalue weighted by Gasteiger charge is -2.24. The van der Waals surface area contributed by atoms with Gasteiger partial charge in [0.1, 0.15) is 5.82 Å². The average Bonchev–Trinajstić information content (AvgIpc) is 2.70. The quantitative estimate of drug-likeness (QED) is 0.765. The summed E-state index contributed by atoms with van der Waals surface area (Å²) in [6.07, 6.45) is 9.42. The van der Waals surface area contributed by atoms with Gasteiger partial charge in [0.15, 0.2) is 5.82 Å². The van der Waals surface area contributed by atoms with Crippen LogP contribution < -0.4 is 10.6 Å². The molecule has 1 saturated heterocycles. The Morgan fingerprint density at radius 2 is 1.92 bits per heavy atom. The van der Waals surface area contributed by atoms with Crippen LogP contribution in [0.5, 0.6) is 0 Å². The van der Waals surface area contributed by atoms with E-state index in [-0.39, 0.29) is 0 Å². The van der Waals surface area contributed by atoms with Gasteiger partial charge in [-0.05, 0) is 43.7 Å². The summed E-state index contributed by atoms with van der Waals surface area (Å²) in [7, 11) is 0. The van der Waals surface area contributed by atoms with E-state index < -0.39 is 0 Å². The predicted octanol–water partition coefficient (Wildman–Crippen LogP) is 2.76. The molecule has 0 bridgehead atoms. The summed E-state index contributed by atoms with van der Waals surface area (Å²) in [5, 5.41) is 6.98. The Kier molecular flexibility index (Phi) is 4.61. The van der Waals surface area contributed by atoms with Gasteiger partial charge in [-0.1, -0.05) is 0 Å². The van der Waals surface area contributed by atoms with Crippen molar-refractivity contribution >= 4 is 5.82 Å². The Labute approximate surface area is 146 Å². The first-order valence-corrected chi connectivity index (χ1v) is 8.55. The lowest BCUT2D eigenvalue weighted by atomic mass is 10.1. The molecule has 126 valence electrons. The first-order chi connectivity index (χ1) is 12.4. The maximum Gasteiger partial charge on any atom is 0.162 e. The minimum Gasteiger partial charge on any atom is -0.366 e. The van der Waals surface area contributed by atoms with E-state index in [0.29, 0.717) is 11.9 Å². The average molecular weight is 332 g/mol. The SMILES string of the molecule is c1cncc(-c2cc(NC3CCCNC3)nc(-c3ccncc3)n2)c1. The summed E-state index contributed by atoms with van der Waals surface area (Å²) in [6.45, 7) is 2.04. The molecule has 2 N–H and O–H groups in total. The number of aromatic nitrogens is 4. The highest BCUT2D eigenvalue weighted by Crippen LogP contribution is 2.24. The van der Waals surface area contributed by atoms with Crippen molar-refractivity contribution in [1.29, 1.82) is 0 Å². The molecular formula is C19H20N6. The number of anilines is 1. The fourth-order valence-corrected chi connectivity index (χ4v) is 3.00. The molecule has 3 aromatic heterocycles. The molecule has 0 radical (unpaired) electrons. The molecule has 3 aromatic rings. The Morgan fingerprint density at radius 1 is 1.00 bits per heavy atom.